The van der Waals surface area contributed by atoms with Crippen molar-refractivity contribution in [3.05, 3.63) is 36.7 Å². The molecule has 1 aromatic carbocycles. The van der Waals surface area contributed by atoms with Crippen LogP contribution in [0.5, 0.6) is 5.75 Å². The highest BCUT2D eigenvalue weighted by molar-refractivity contribution is 7.99. The van der Waals surface area contributed by atoms with Crippen molar-refractivity contribution in [2.75, 3.05) is 31.1 Å². The van der Waals surface area contributed by atoms with Crippen LogP contribution >= 0.6 is 11.8 Å². The summed E-state index contributed by atoms with van der Waals surface area (Å²) in [5.74, 6) is 2.49. The van der Waals surface area contributed by atoms with E-state index < -0.39 is 0 Å². The SMILES string of the molecule is CCOc1cccc(Sc2cnc(N3CCC(CN)CC3)cn2)c1. The molecular formula is C18H24N4OS. The predicted molar refractivity (Wildman–Crippen MR) is 97.8 cm³/mol. The molecule has 1 aromatic heterocycles. The summed E-state index contributed by atoms with van der Waals surface area (Å²) in [5.41, 5.74) is 5.75. The third-order valence-electron chi connectivity index (χ3n) is 4.23. The van der Waals surface area contributed by atoms with E-state index in [0.717, 1.165) is 54.0 Å². The molecule has 0 unspecified atom stereocenters. The largest absolute Gasteiger partial charge is 0.494 e. The highest BCUT2D eigenvalue weighted by Crippen LogP contribution is 2.29. The predicted octanol–water partition coefficient (Wildman–Crippen LogP) is 3.20. The Morgan fingerprint density at radius 2 is 2.08 bits per heavy atom. The molecule has 0 spiro atoms. The highest BCUT2D eigenvalue weighted by Gasteiger charge is 2.19. The normalized spacial score (nSPS) is 15.5. The molecule has 6 heteroatoms. The zero-order chi connectivity index (χ0) is 16.8. The van der Waals surface area contributed by atoms with E-state index in [2.05, 4.69) is 20.9 Å². The van der Waals surface area contributed by atoms with Crippen LogP contribution in [0.2, 0.25) is 0 Å². The monoisotopic (exact) mass is 344 g/mol. The molecule has 24 heavy (non-hydrogen) atoms. The van der Waals surface area contributed by atoms with Gasteiger partial charge in [0.15, 0.2) is 0 Å². The summed E-state index contributed by atoms with van der Waals surface area (Å²) in [5, 5.41) is 0.893. The van der Waals surface area contributed by atoms with Gasteiger partial charge in [-0.25, -0.2) is 9.97 Å². The topological polar surface area (TPSA) is 64.3 Å². The van der Waals surface area contributed by atoms with Crippen LogP contribution in [0.1, 0.15) is 19.8 Å². The van der Waals surface area contributed by atoms with Crippen LogP contribution in [0.4, 0.5) is 5.82 Å². The Labute approximate surface area is 147 Å². The molecular weight excluding hydrogens is 320 g/mol. The van der Waals surface area contributed by atoms with E-state index in [-0.39, 0.29) is 0 Å². The first-order chi connectivity index (χ1) is 11.8. The Hall–Kier alpha value is -1.79. The third kappa shape index (κ3) is 4.39. The van der Waals surface area contributed by atoms with Gasteiger partial charge in [0.05, 0.1) is 19.0 Å². The van der Waals surface area contributed by atoms with Crippen LogP contribution in [0.15, 0.2) is 46.6 Å². The van der Waals surface area contributed by atoms with Gasteiger partial charge in [-0.2, -0.15) is 0 Å². The average molecular weight is 344 g/mol. The Balaban J connectivity index is 1.61. The Morgan fingerprint density at radius 3 is 2.75 bits per heavy atom. The molecule has 1 aliphatic heterocycles. The van der Waals surface area contributed by atoms with Crippen LogP contribution in [-0.2, 0) is 0 Å². The number of hydrogen-bond donors (Lipinski definition) is 1. The fraction of sp³-hybridized carbons (Fsp3) is 0.444. The molecule has 0 bridgehead atoms. The summed E-state index contributed by atoms with van der Waals surface area (Å²) in [6.45, 7) is 5.47. The Kier molecular flexibility index (Phi) is 5.93. The lowest BCUT2D eigenvalue weighted by molar-refractivity contribution is 0.339. The van der Waals surface area contributed by atoms with Gasteiger partial charge >= 0.3 is 0 Å². The van der Waals surface area contributed by atoms with Crippen molar-refractivity contribution in [2.45, 2.75) is 29.7 Å². The number of aromatic nitrogens is 2. The fourth-order valence-electron chi connectivity index (χ4n) is 2.84. The molecule has 0 amide bonds. The maximum absolute atomic E-state index is 5.75. The summed E-state index contributed by atoms with van der Waals surface area (Å²) in [4.78, 5) is 12.5. The van der Waals surface area contributed by atoms with Gasteiger partial charge in [0.2, 0.25) is 0 Å². The Bertz CT molecular complexity index is 642. The van der Waals surface area contributed by atoms with Gasteiger partial charge in [0.1, 0.15) is 16.6 Å². The van der Waals surface area contributed by atoms with E-state index in [0.29, 0.717) is 12.5 Å². The number of nitrogens with zero attached hydrogens (tertiary/aromatic N) is 3. The molecule has 2 heterocycles. The van der Waals surface area contributed by atoms with Crippen molar-refractivity contribution < 1.29 is 4.74 Å². The van der Waals surface area contributed by atoms with Gasteiger partial charge < -0.3 is 15.4 Å². The van der Waals surface area contributed by atoms with Crippen LogP contribution in [0.25, 0.3) is 0 Å². The van der Waals surface area contributed by atoms with Gasteiger partial charge in [-0.15, -0.1) is 0 Å². The third-order valence-corrected chi connectivity index (χ3v) is 5.13. The first-order valence-electron chi connectivity index (χ1n) is 8.46. The van der Waals surface area contributed by atoms with Crippen molar-refractivity contribution in [2.24, 2.45) is 11.7 Å². The quantitative estimate of drug-likeness (QED) is 0.868. The molecule has 1 fully saturated rings. The van der Waals surface area contributed by atoms with Crippen molar-refractivity contribution >= 4 is 17.6 Å². The number of rotatable bonds is 6. The maximum Gasteiger partial charge on any atom is 0.147 e. The second-order valence-electron chi connectivity index (χ2n) is 5.89. The van der Waals surface area contributed by atoms with Gasteiger partial charge in [-0.3, -0.25) is 0 Å². The molecule has 0 saturated carbocycles. The molecule has 5 nitrogen and oxygen atoms in total. The van der Waals surface area contributed by atoms with Crippen molar-refractivity contribution in [1.29, 1.82) is 0 Å². The molecule has 1 saturated heterocycles. The van der Waals surface area contributed by atoms with Gasteiger partial charge in [-0.05, 0) is 50.4 Å². The van der Waals surface area contributed by atoms with Crippen LogP contribution in [0, 0.1) is 5.92 Å². The molecule has 0 radical (unpaired) electrons. The zero-order valence-electron chi connectivity index (χ0n) is 14.0. The van der Waals surface area contributed by atoms with E-state index >= 15 is 0 Å². The number of anilines is 1. The van der Waals surface area contributed by atoms with Crippen molar-refractivity contribution in [3.8, 4) is 5.75 Å². The summed E-state index contributed by atoms with van der Waals surface area (Å²) in [6.07, 6.45) is 6.00. The molecule has 3 rings (SSSR count). The van der Waals surface area contributed by atoms with E-state index in [1.807, 2.05) is 37.5 Å². The summed E-state index contributed by atoms with van der Waals surface area (Å²) in [6, 6.07) is 8.05. The standard InChI is InChI=1S/C18H24N4OS/c1-2-23-15-4-3-5-16(10-15)24-18-13-20-17(12-21-18)22-8-6-14(11-19)7-9-22/h3-5,10,12-14H,2,6-9,11,19H2,1H3. The fourth-order valence-corrected chi connectivity index (χ4v) is 3.61. The lowest BCUT2D eigenvalue weighted by Crippen LogP contribution is -2.36. The van der Waals surface area contributed by atoms with Crippen molar-refractivity contribution in [3.63, 3.8) is 0 Å². The minimum atomic E-state index is 0.654. The second kappa shape index (κ2) is 8.35. The average Bonchev–Trinajstić information content (AvgIpc) is 2.63. The molecule has 2 aromatic rings. The van der Waals surface area contributed by atoms with E-state index in [1.165, 1.54) is 0 Å². The number of piperidine rings is 1. The van der Waals surface area contributed by atoms with Crippen LogP contribution < -0.4 is 15.4 Å². The van der Waals surface area contributed by atoms with Gasteiger partial charge in [0, 0.05) is 18.0 Å². The van der Waals surface area contributed by atoms with E-state index in [9.17, 15) is 0 Å². The number of hydrogen-bond acceptors (Lipinski definition) is 6. The van der Waals surface area contributed by atoms with Crippen LogP contribution in [-0.4, -0.2) is 36.2 Å². The summed E-state index contributed by atoms with van der Waals surface area (Å²) < 4.78 is 5.54. The summed E-state index contributed by atoms with van der Waals surface area (Å²) >= 11 is 1.60. The van der Waals surface area contributed by atoms with E-state index in [1.54, 1.807) is 11.8 Å². The molecule has 0 atom stereocenters. The minimum absolute atomic E-state index is 0.654. The van der Waals surface area contributed by atoms with E-state index in [4.69, 9.17) is 10.5 Å². The zero-order valence-corrected chi connectivity index (χ0v) is 14.8. The van der Waals surface area contributed by atoms with Gasteiger partial charge in [0.25, 0.3) is 0 Å². The second-order valence-corrected chi connectivity index (χ2v) is 6.98. The van der Waals surface area contributed by atoms with Crippen molar-refractivity contribution in [1.82, 2.24) is 9.97 Å². The van der Waals surface area contributed by atoms with Crippen LogP contribution in [0.3, 0.4) is 0 Å². The minimum Gasteiger partial charge on any atom is -0.494 e. The first kappa shape index (κ1) is 17.0. The smallest absolute Gasteiger partial charge is 0.147 e. The maximum atomic E-state index is 5.75. The highest BCUT2D eigenvalue weighted by atomic mass is 32.2. The molecule has 128 valence electrons. The number of ether oxygens (including phenoxy) is 1. The Morgan fingerprint density at radius 1 is 1.25 bits per heavy atom. The number of nitrogens with two attached hydrogens (primary N) is 1. The lowest BCUT2D eigenvalue weighted by Gasteiger charge is -2.31. The lowest BCUT2D eigenvalue weighted by atomic mass is 9.97. The molecule has 2 N–H and O–H groups in total. The van der Waals surface area contributed by atoms with Gasteiger partial charge in [-0.1, -0.05) is 17.8 Å². The molecule has 1 aliphatic rings. The first-order valence-corrected chi connectivity index (χ1v) is 9.28. The molecule has 0 aliphatic carbocycles. The summed E-state index contributed by atoms with van der Waals surface area (Å²) in [7, 11) is 0. The number of benzene rings is 1.